The Bertz CT molecular complexity index is 3730. The third-order valence-electron chi connectivity index (χ3n) is 12.3. The zero-order valence-electron chi connectivity index (χ0n) is 45.3. The van der Waals surface area contributed by atoms with E-state index in [1.165, 1.54) is 22.8 Å². The summed E-state index contributed by atoms with van der Waals surface area (Å²) < 4.78 is 124. The van der Waals surface area contributed by atoms with Gasteiger partial charge in [0.15, 0.2) is 11.4 Å². The first kappa shape index (κ1) is 59.6. The molecule has 3 aliphatic rings. The van der Waals surface area contributed by atoms with Gasteiger partial charge in [0.05, 0.1) is 35.4 Å². The zero-order chi connectivity index (χ0) is 58.5. The summed E-state index contributed by atoms with van der Waals surface area (Å²) in [4.78, 5) is 31.3. The Morgan fingerprint density at radius 2 is 0.829 bits per heavy atom. The topological polar surface area (TPSA) is 105 Å². The second-order valence-electron chi connectivity index (χ2n) is 21.6. The number of hydrogen-bond acceptors (Lipinski definition) is 7. The van der Waals surface area contributed by atoms with E-state index in [-0.39, 0.29) is 36.4 Å². The Morgan fingerprint density at radius 3 is 1.27 bits per heavy atom. The first-order valence-corrected chi connectivity index (χ1v) is 24.9. The molecule has 0 saturated heterocycles. The summed E-state index contributed by atoms with van der Waals surface area (Å²) >= 11 is 0. The normalized spacial score (nSPS) is 13.6. The van der Waals surface area contributed by atoms with Crippen molar-refractivity contribution in [1.29, 1.82) is 0 Å². The number of aromatic nitrogens is 6. The van der Waals surface area contributed by atoms with Crippen LogP contribution < -0.4 is 22.9 Å². The summed E-state index contributed by atoms with van der Waals surface area (Å²) in [6.07, 6.45) is -8.15. The van der Waals surface area contributed by atoms with Crippen LogP contribution in [0.4, 0.5) is 103 Å². The number of fused-ring (bicyclic) bond motifs is 3. The van der Waals surface area contributed by atoms with Crippen molar-refractivity contribution >= 4 is 81.2 Å². The van der Waals surface area contributed by atoms with E-state index in [0.717, 1.165) is 59.2 Å². The van der Waals surface area contributed by atoms with Crippen LogP contribution in [0.1, 0.15) is 96.2 Å². The van der Waals surface area contributed by atoms with Crippen molar-refractivity contribution in [2.75, 3.05) is 0 Å². The molecular formula is C60H49F9IrN12+5. The Hall–Kier alpha value is -8.50. The first-order valence-electron chi connectivity index (χ1n) is 24.9. The molecule has 0 unspecified atom stereocenters. The van der Waals surface area contributed by atoms with Gasteiger partial charge in [0.2, 0.25) is 11.7 Å². The van der Waals surface area contributed by atoms with Crippen molar-refractivity contribution in [3.8, 4) is 0 Å². The molecule has 0 fully saturated rings. The van der Waals surface area contributed by atoms with Gasteiger partial charge in [-0.15, -0.1) is 46.0 Å². The second-order valence-corrected chi connectivity index (χ2v) is 21.6. The molecular weight excluding hydrogens is 1250 g/mol. The largest absolute Gasteiger partial charge is 3.00 e. The van der Waals surface area contributed by atoms with Gasteiger partial charge in [-0.05, 0) is 50.0 Å². The summed E-state index contributed by atoms with van der Waals surface area (Å²) in [5.41, 5.74) is 2.07. The maximum absolute atomic E-state index is 12.9. The molecule has 0 radical (unpaired) electrons. The van der Waals surface area contributed by atoms with Crippen LogP contribution >= 0.6 is 0 Å². The number of nitrogens with zero attached hydrogens (tertiary/aromatic N) is 12. The minimum absolute atomic E-state index is 0. The second kappa shape index (κ2) is 22.4. The van der Waals surface area contributed by atoms with E-state index in [2.05, 4.69) is 61.2 Å². The van der Waals surface area contributed by atoms with E-state index in [9.17, 15) is 39.5 Å². The van der Waals surface area contributed by atoms with Crippen molar-refractivity contribution in [2.24, 2.45) is 4.99 Å². The maximum atomic E-state index is 12.9. The molecule has 3 aliphatic heterocycles. The van der Waals surface area contributed by atoms with Crippen LogP contribution in [0, 0.1) is 18.2 Å². The van der Waals surface area contributed by atoms with Crippen LogP contribution in [0.2, 0.25) is 0 Å². The SMILES string of the molecule is CC(C)(C)c1cnc2c(n1)[N+](c1[c-]cc(C(F)(F)F)cc1)=C=N2.CC(C)(C)c1cnc2c(n1)[N+](c1[c-]cc(C(F)(F)F)cc1)=C=[N+]2c1ccccc1.CC(C)(C)c1ncc2c(n1)[N+](c1[c-]cc(C(F)(F)F)cc1)=C=[N+]2c1ccccc1.[Ir+3]. The quantitative estimate of drug-likeness (QED) is 0.0966. The average molecular weight is 1300 g/mol. The molecule has 0 aliphatic carbocycles. The fourth-order valence-corrected chi connectivity index (χ4v) is 7.83. The Balaban J connectivity index is 0.000000161. The van der Waals surface area contributed by atoms with Gasteiger partial charge < -0.3 is 0 Å². The molecule has 0 N–H and O–H groups in total. The Labute approximate surface area is 479 Å². The monoisotopic (exact) mass is 1300 g/mol. The van der Waals surface area contributed by atoms with Crippen LogP contribution in [0.5, 0.6) is 0 Å². The Kier molecular flexibility index (Phi) is 16.3. The molecule has 3 aromatic heterocycles. The van der Waals surface area contributed by atoms with E-state index in [4.69, 9.17) is 9.97 Å². The smallest absolute Gasteiger partial charge is 0.212 e. The minimum atomic E-state index is -4.42. The van der Waals surface area contributed by atoms with Gasteiger partial charge in [0.25, 0.3) is 5.82 Å². The number of benzene rings is 5. The summed E-state index contributed by atoms with van der Waals surface area (Å²) in [6.45, 7) is 18.1. The fraction of sp³-hybridized carbons (Fsp3) is 0.250. The predicted molar refractivity (Wildman–Crippen MR) is 290 cm³/mol. The number of halogens is 9. The van der Waals surface area contributed by atoms with E-state index in [1.807, 2.05) is 123 Å². The summed E-state index contributed by atoms with van der Waals surface area (Å²) in [5, 5.41) is 0. The summed E-state index contributed by atoms with van der Waals surface area (Å²) in [6, 6.07) is 45.9. The van der Waals surface area contributed by atoms with E-state index in [1.54, 1.807) is 36.9 Å². The summed E-state index contributed by atoms with van der Waals surface area (Å²) in [5.74, 6) is 3.05. The van der Waals surface area contributed by atoms with Crippen molar-refractivity contribution in [2.45, 2.75) is 97.1 Å². The number of alkyl halides is 9. The average Bonchev–Trinajstić information content (AvgIpc) is 4.33. The van der Waals surface area contributed by atoms with Crippen LogP contribution in [0.3, 0.4) is 0 Å². The van der Waals surface area contributed by atoms with Crippen LogP contribution in [-0.4, -0.2) is 47.9 Å². The molecule has 0 bridgehead atoms. The van der Waals surface area contributed by atoms with Gasteiger partial charge in [0.1, 0.15) is 5.69 Å². The standard InChI is InChI=1S/2C22H18F3N4.C16H13F3N4.Ir/c1-21(2,3)18-13-26-19-20(27-18)29(14-28(19)16-7-5-4-6-8-16)17-11-9-15(10-12-17)22(23,24)25;1-21(2,3)20-26-13-18-19(27-20)29(14-28(18)16-7-5-4-6-8-16)17-11-9-15(10-12-17)22(23,24)25;1-15(2,3)12-8-20-13-14(22-12)23(9-21-13)11-6-4-10(5-7-11)16(17,18)19;/h2*4-11,13H,1-3H3;4-6,8H,1-3H3;/q2*+1;;+3. The zero-order valence-corrected chi connectivity index (χ0v) is 47.7. The minimum Gasteiger partial charge on any atom is -0.212 e. The van der Waals surface area contributed by atoms with Crippen LogP contribution in [0.25, 0.3) is 0 Å². The molecule has 5 aromatic carbocycles. The molecule has 22 heteroatoms. The number of para-hydroxylation sites is 2. The molecule has 12 nitrogen and oxygen atoms in total. The van der Waals surface area contributed by atoms with E-state index < -0.39 is 35.2 Å². The van der Waals surface area contributed by atoms with Crippen molar-refractivity contribution < 1.29 is 59.6 Å². The number of hydrogen-bond donors (Lipinski definition) is 0. The summed E-state index contributed by atoms with van der Waals surface area (Å²) in [7, 11) is 0. The Morgan fingerprint density at radius 1 is 0.402 bits per heavy atom. The molecule has 82 heavy (non-hydrogen) atoms. The van der Waals surface area contributed by atoms with Gasteiger partial charge in [-0.1, -0.05) is 108 Å². The first-order chi connectivity index (χ1) is 37.9. The van der Waals surface area contributed by atoms with Crippen molar-refractivity contribution in [3.63, 3.8) is 0 Å². The van der Waals surface area contributed by atoms with Gasteiger partial charge in [0, 0.05) is 26.5 Å². The molecule has 6 heterocycles. The number of aliphatic imine (C=N–C) groups is 1. The van der Waals surface area contributed by atoms with Gasteiger partial charge in [-0.3, -0.25) is 0 Å². The van der Waals surface area contributed by atoms with Gasteiger partial charge in [-0.2, -0.15) is 85.5 Å². The van der Waals surface area contributed by atoms with E-state index >= 15 is 0 Å². The third kappa shape index (κ3) is 13.0. The molecule has 8 aromatic rings. The van der Waals surface area contributed by atoms with Crippen molar-refractivity contribution in [3.05, 3.63) is 186 Å². The molecule has 0 amide bonds. The van der Waals surface area contributed by atoms with Crippen LogP contribution in [-0.2, 0) is 54.9 Å². The molecule has 0 saturated carbocycles. The van der Waals surface area contributed by atoms with Gasteiger partial charge >= 0.3 is 85.4 Å². The number of rotatable bonds is 5. The molecule has 0 spiro atoms. The van der Waals surface area contributed by atoms with Crippen molar-refractivity contribution in [1.82, 2.24) is 52.8 Å². The molecule has 0 atom stereocenters. The maximum Gasteiger partial charge on any atom is 3.00 e. The predicted octanol–water partition coefficient (Wildman–Crippen LogP) is 15.1. The molecule has 11 rings (SSSR count). The third-order valence-corrected chi connectivity index (χ3v) is 12.3. The van der Waals surface area contributed by atoms with E-state index in [0.29, 0.717) is 57.7 Å². The van der Waals surface area contributed by atoms with Gasteiger partial charge in [-0.25, -0.2) is 9.97 Å². The molecule has 416 valence electrons. The van der Waals surface area contributed by atoms with Crippen LogP contribution in [0.15, 0.2) is 139 Å². The fourth-order valence-electron chi connectivity index (χ4n) is 7.83.